The van der Waals surface area contributed by atoms with Crippen LogP contribution in [-0.2, 0) is 14.3 Å². The summed E-state index contributed by atoms with van der Waals surface area (Å²) in [5.74, 6) is 0.0996. The van der Waals surface area contributed by atoms with Crippen molar-refractivity contribution >= 4 is 23.4 Å². The molecule has 124 valence electrons. The van der Waals surface area contributed by atoms with Crippen LogP contribution in [0.3, 0.4) is 0 Å². The number of ether oxygens (including phenoxy) is 2. The average molecular weight is 339 g/mol. The van der Waals surface area contributed by atoms with E-state index < -0.39 is 6.10 Å². The van der Waals surface area contributed by atoms with E-state index in [4.69, 9.17) is 21.1 Å². The minimum Gasteiger partial charge on any atom is -0.490 e. The van der Waals surface area contributed by atoms with Gasteiger partial charge in [-0.05, 0) is 18.2 Å². The van der Waals surface area contributed by atoms with Crippen LogP contribution < -0.4 is 10.1 Å². The minimum atomic E-state index is -0.673. The lowest BCUT2D eigenvalue weighted by Gasteiger charge is -2.31. The minimum absolute atomic E-state index is 0.201. The Labute approximate surface area is 140 Å². The van der Waals surface area contributed by atoms with Gasteiger partial charge in [-0.25, -0.2) is 0 Å². The SMILES string of the molecule is C=CC(=O)N1CCO[C@@H](C(=O)NCCOc2ccccc2Cl)C1. The summed E-state index contributed by atoms with van der Waals surface area (Å²) in [6.45, 7) is 5.06. The van der Waals surface area contributed by atoms with Crippen LogP contribution in [0, 0.1) is 0 Å². The monoisotopic (exact) mass is 338 g/mol. The van der Waals surface area contributed by atoms with Gasteiger partial charge in [0, 0.05) is 6.54 Å². The summed E-state index contributed by atoms with van der Waals surface area (Å²) in [4.78, 5) is 25.2. The van der Waals surface area contributed by atoms with E-state index in [-0.39, 0.29) is 25.0 Å². The van der Waals surface area contributed by atoms with Crippen molar-refractivity contribution in [3.05, 3.63) is 41.9 Å². The van der Waals surface area contributed by atoms with Crippen LogP contribution in [0.4, 0.5) is 0 Å². The van der Waals surface area contributed by atoms with Gasteiger partial charge in [-0.1, -0.05) is 30.3 Å². The molecule has 23 heavy (non-hydrogen) atoms. The molecule has 2 amide bonds. The fourth-order valence-electron chi connectivity index (χ4n) is 2.15. The van der Waals surface area contributed by atoms with Crippen molar-refractivity contribution in [2.45, 2.75) is 6.10 Å². The highest BCUT2D eigenvalue weighted by Gasteiger charge is 2.28. The lowest BCUT2D eigenvalue weighted by molar-refractivity contribution is -0.144. The molecule has 1 aromatic rings. The number of hydrogen-bond acceptors (Lipinski definition) is 4. The molecule has 0 bridgehead atoms. The van der Waals surface area contributed by atoms with Gasteiger partial charge in [0.1, 0.15) is 12.4 Å². The fourth-order valence-corrected chi connectivity index (χ4v) is 2.34. The molecule has 0 aromatic heterocycles. The summed E-state index contributed by atoms with van der Waals surface area (Å²) in [6.07, 6.45) is 0.561. The number of amides is 2. The predicted molar refractivity (Wildman–Crippen MR) is 86.5 cm³/mol. The van der Waals surface area contributed by atoms with Crippen LogP contribution in [0.2, 0.25) is 5.02 Å². The first kappa shape index (κ1) is 17.3. The average Bonchev–Trinajstić information content (AvgIpc) is 2.59. The van der Waals surface area contributed by atoms with Crippen molar-refractivity contribution in [2.24, 2.45) is 0 Å². The third kappa shape index (κ3) is 4.97. The van der Waals surface area contributed by atoms with E-state index in [2.05, 4.69) is 11.9 Å². The third-order valence-corrected chi connectivity index (χ3v) is 3.65. The van der Waals surface area contributed by atoms with E-state index >= 15 is 0 Å². The molecular weight excluding hydrogens is 320 g/mol. The number of nitrogens with one attached hydrogen (secondary N) is 1. The summed E-state index contributed by atoms with van der Waals surface area (Å²) in [6, 6.07) is 7.12. The normalized spacial score (nSPS) is 17.4. The van der Waals surface area contributed by atoms with E-state index in [9.17, 15) is 9.59 Å². The molecule has 1 aliphatic heterocycles. The predicted octanol–water partition coefficient (Wildman–Crippen LogP) is 1.25. The molecule has 0 unspecified atom stereocenters. The van der Waals surface area contributed by atoms with Crippen LogP contribution in [0.1, 0.15) is 0 Å². The van der Waals surface area contributed by atoms with Crippen LogP contribution in [-0.4, -0.2) is 55.7 Å². The second-order valence-electron chi connectivity index (χ2n) is 4.92. The first-order valence-corrected chi connectivity index (χ1v) is 7.67. The number of morpholine rings is 1. The third-order valence-electron chi connectivity index (χ3n) is 3.34. The summed E-state index contributed by atoms with van der Waals surface area (Å²) < 4.78 is 10.9. The van der Waals surface area contributed by atoms with Gasteiger partial charge in [0.2, 0.25) is 5.91 Å². The number of para-hydroxylation sites is 1. The van der Waals surface area contributed by atoms with Crippen molar-refractivity contribution in [1.29, 1.82) is 0 Å². The molecule has 1 atom stereocenters. The lowest BCUT2D eigenvalue weighted by atomic mass is 10.2. The van der Waals surface area contributed by atoms with Crippen molar-refractivity contribution in [3.8, 4) is 5.75 Å². The smallest absolute Gasteiger partial charge is 0.251 e. The van der Waals surface area contributed by atoms with Crippen LogP contribution in [0.5, 0.6) is 5.75 Å². The van der Waals surface area contributed by atoms with Gasteiger partial charge in [0.05, 0.1) is 24.7 Å². The molecule has 1 aliphatic rings. The van der Waals surface area contributed by atoms with Gasteiger partial charge in [-0.15, -0.1) is 0 Å². The van der Waals surface area contributed by atoms with Gasteiger partial charge in [0.15, 0.2) is 6.10 Å². The Morgan fingerprint density at radius 1 is 1.48 bits per heavy atom. The van der Waals surface area contributed by atoms with E-state index in [0.717, 1.165) is 0 Å². The Balaban J connectivity index is 1.73. The second-order valence-corrected chi connectivity index (χ2v) is 5.32. The Kier molecular flexibility index (Phi) is 6.43. The topological polar surface area (TPSA) is 67.9 Å². The van der Waals surface area contributed by atoms with Gasteiger partial charge in [-0.2, -0.15) is 0 Å². The molecule has 0 spiro atoms. The highest BCUT2D eigenvalue weighted by Crippen LogP contribution is 2.22. The Hall–Kier alpha value is -2.05. The molecule has 1 aromatic carbocycles. The summed E-state index contributed by atoms with van der Waals surface area (Å²) in [5, 5.41) is 3.25. The van der Waals surface area contributed by atoms with Gasteiger partial charge in [-0.3, -0.25) is 9.59 Å². The van der Waals surface area contributed by atoms with E-state index in [0.29, 0.717) is 30.5 Å². The number of halogens is 1. The van der Waals surface area contributed by atoms with Crippen molar-refractivity contribution in [3.63, 3.8) is 0 Å². The van der Waals surface area contributed by atoms with Gasteiger partial charge < -0.3 is 19.7 Å². The van der Waals surface area contributed by atoms with Gasteiger partial charge >= 0.3 is 0 Å². The molecule has 1 fully saturated rings. The van der Waals surface area contributed by atoms with Crippen LogP contribution >= 0.6 is 11.6 Å². The molecule has 7 heteroatoms. The maximum Gasteiger partial charge on any atom is 0.251 e. The van der Waals surface area contributed by atoms with Gasteiger partial charge in [0.25, 0.3) is 5.91 Å². The zero-order valence-electron chi connectivity index (χ0n) is 12.7. The number of carbonyl (C=O) groups is 2. The highest BCUT2D eigenvalue weighted by molar-refractivity contribution is 6.32. The van der Waals surface area contributed by atoms with Crippen molar-refractivity contribution in [1.82, 2.24) is 10.2 Å². The molecule has 1 heterocycles. The van der Waals surface area contributed by atoms with Crippen molar-refractivity contribution < 1.29 is 19.1 Å². The zero-order valence-corrected chi connectivity index (χ0v) is 13.4. The summed E-state index contributed by atoms with van der Waals surface area (Å²) in [7, 11) is 0. The lowest BCUT2D eigenvalue weighted by Crippen LogP contribution is -2.51. The maximum absolute atomic E-state index is 12.1. The Morgan fingerprint density at radius 3 is 3.00 bits per heavy atom. The molecule has 6 nitrogen and oxygen atoms in total. The first-order valence-electron chi connectivity index (χ1n) is 7.30. The van der Waals surface area contributed by atoms with E-state index in [1.165, 1.54) is 6.08 Å². The van der Waals surface area contributed by atoms with E-state index in [1.54, 1.807) is 17.0 Å². The zero-order chi connectivity index (χ0) is 16.7. The largest absolute Gasteiger partial charge is 0.490 e. The molecule has 1 N–H and O–H groups in total. The number of carbonyl (C=O) groups excluding carboxylic acids is 2. The van der Waals surface area contributed by atoms with Crippen LogP contribution in [0.25, 0.3) is 0 Å². The molecular formula is C16H19ClN2O4. The maximum atomic E-state index is 12.1. The quantitative estimate of drug-likeness (QED) is 0.626. The summed E-state index contributed by atoms with van der Waals surface area (Å²) in [5.41, 5.74) is 0. The Bertz CT molecular complexity index is 579. The second kappa shape index (κ2) is 8.55. The first-order chi connectivity index (χ1) is 11.1. The molecule has 1 saturated heterocycles. The number of rotatable bonds is 6. The molecule has 2 rings (SSSR count). The Morgan fingerprint density at radius 2 is 2.26 bits per heavy atom. The standard InChI is InChI=1S/C16H19ClN2O4/c1-2-15(20)19-8-10-23-14(11-19)16(21)18-7-9-22-13-6-4-3-5-12(13)17/h2-6,14H,1,7-11H2,(H,18,21)/t14-/m1/s1. The van der Waals surface area contributed by atoms with Crippen molar-refractivity contribution in [2.75, 3.05) is 32.8 Å². The molecule has 0 aliphatic carbocycles. The highest BCUT2D eigenvalue weighted by atomic mass is 35.5. The number of benzene rings is 1. The number of nitrogens with zero attached hydrogens (tertiary/aromatic N) is 1. The molecule has 0 radical (unpaired) electrons. The summed E-state index contributed by atoms with van der Waals surface area (Å²) >= 11 is 5.97. The van der Waals surface area contributed by atoms with Crippen LogP contribution in [0.15, 0.2) is 36.9 Å². The fraction of sp³-hybridized carbons (Fsp3) is 0.375. The molecule has 0 saturated carbocycles. The number of hydrogen-bond donors (Lipinski definition) is 1. The van der Waals surface area contributed by atoms with E-state index in [1.807, 2.05) is 12.1 Å².